The van der Waals surface area contributed by atoms with Crippen molar-refractivity contribution in [3.63, 3.8) is 0 Å². The summed E-state index contributed by atoms with van der Waals surface area (Å²) >= 11 is 0. The van der Waals surface area contributed by atoms with Crippen molar-refractivity contribution >= 4 is 21.5 Å². The second-order valence-electron chi connectivity index (χ2n) is 32.0. The first-order valence-electron chi connectivity index (χ1n) is 43.3. The number of hydrogen-bond donors (Lipinski definition) is 0. The maximum absolute atomic E-state index is 5.30. The van der Waals surface area contributed by atoms with Gasteiger partial charge in [-0.1, -0.05) is 276 Å². The zero-order chi connectivity index (χ0) is 88.8. The number of aromatic nitrogens is 20. The SMILES string of the molecule is CCC(C)Cc1nc(-c2n[n-]c(-c3ccccn3)n2)c2ccccc2c1-c1c(C)ccc2ccccc12.Cc1cccc(-c2cccc(-c3ccccc3)c2-c2cc(-c3nc(-c4ccccn4)n[n-]3)ncc2C)c1.Cc1cnc(-c2nc(-c3ccccn3)n[n-]2)cc1-c1c(-c2ccccc2)cccc1-c1cccc(C(C)C)c1.[Pt+2].[Pt+2].c1ccc(-c2n[n-]c(-c3ccccn3)n2)nc1. The molecule has 22 heteroatoms. The van der Waals surface area contributed by atoms with E-state index in [1.54, 1.807) is 31.0 Å². The summed E-state index contributed by atoms with van der Waals surface area (Å²) in [5.41, 5.74) is 28.9. The van der Waals surface area contributed by atoms with E-state index in [1.165, 1.54) is 66.4 Å². The smallest absolute Gasteiger partial charge is 0.415 e. The van der Waals surface area contributed by atoms with E-state index in [9.17, 15) is 0 Å². The van der Waals surface area contributed by atoms with Crippen LogP contribution in [-0.2, 0) is 48.6 Å². The minimum absolute atomic E-state index is 0. The maximum Gasteiger partial charge on any atom is 2.00 e. The van der Waals surface area contributed by atoms with Crippen LogP contribution >= 0.6 is 0 Å². The Morgan fingerprint density at radius 2 is 0.667 bits per heavy atom. The van der Waals surface area contributed by atoms with Gasteiger partial charge in [-0.2, -0.15) is 0 Å². The summed E-state index contributed by atoms with van der Waals surface area (Å²) in [6.45, 7) is 17.5. The molecule has 0 aliphatic carbocycles. The number of nitrogens with zero attached hydrogens (tertiary/aromatic N) is 20. The van der Waals surface area contributed by atoms with Crippen LogP contribution in [0.1, 0.15) is 73.5 Å². The standard InChI is InChI=1S/C34H28N5.C32H24N5.C32H28N5.C12H8N5.2Pt/c1-22(2)25-13-9-14-26(19-25)28-16-10-15-27(24-11-5-4-6-12-24)32(28)29-20-31(36-21-23(29)3)34-37-33(38-39-34)30-17-7-8-18-35-30;1-21-10-8-13-24(18-21)26-15-9-14-25(23-11-4-3-5-12-23)30(26)27-19-29(34-20-22(27)2)32-35-31(36-37-32)28-16-6-7-17-33-28;1-4-20(2)19-27-29(28-21(3)16-17-22-11-5-6-12-23(22)28)24-13-7-8-14-25(24)30(34-27)32-35-31(36-37-32)26-15-9-10-18-33-26;1-3-7-13-9(5-1)11-15-12(17-16-11)10-6-2-4-8-14-10;;/h4-22H,1-3H3;3-20H,1-2H3;5-18,20H,4,19H2,1-3H3;1-8H;;/q4*-1;2*+2. The quantitative estimate of drug-likeness (QED) is 0.0728. The second kappa shape index (κ2) is 41.8. The van der Waals surface area contributed by atoms with Crippen LogP contribution in [0.3, 0.4) is 0 Å². The largest absolute Gasteiger partial charge is 2.00 e. The van der Waals surface area contributed by atoms with Gasteiger partial charge >= 0.3 is 42.1 Å². The van der Waals surface area contributed by atoms with Crippen LogP contribution in [-0.4, -0.2) is 80.2 Å². The van der Waals surface area contributed by atoms with Crippen molar-refractivity contribution in [1.82, 2.24) is 101 Å². The van der Waals surface area contributed by atoms with Crippen molar-refractivity contribution in [3.8, 4) is 170 Å². The number of fused-ring (bicyclic) bond motifs is 2. The van der Waals surface area contributed by atoms with Gasteiger partial charge in [0.2, 0.25) is 0 Å². The van der Waals surface area contributed by atoms with E-state index in [1.807, 2.05) is 116 Å². The van der Waals surface area contributed by atoms with Crippen LogP contribution < -0.4 is 20.4 Å². The Morgan fingerprint density at radius 1 is 0.280 bits per heavy atom. The first kappa shape index (κ1) is 90.0. The second-order valence-corrected chi connectivity index (χ2v) is 32.0. The third-order valence-corrected chi connectivity index (χ3v) is 22.8. The number of hydrogen-bond acceptors (Lipinski definition) is 16. The van der Waals surface area contributed by atoms with Crippen LogP contribution in [0.15, 0.2) is 353 Å². The topological polar surface area (TPSA) is 263 Å². The minimum Gasteiger partial charge on any atom is -0.415 e. The summed E-state index contributed by atoms with van der Waals surface area (Å²) in [6, 6.07) is 105. The van der Waals surface area contributed by atoms with Gasteiger partial charge in [0.05, 0.1) is 68.8 Å². The van der Waals surface area contributed by atoms with E-state index in [0.717, 1.165) is 85.1 Å². The molecule has 12 heterocycles. The molecule has 132 heavy (non-hydrogen) atoms. The fourth-order valence-electron chi connectivity index (χ4n) is 16.0. The Morgan fingerprint density at radius 3 is 1.12 bits per heavy atom. The number of rotatable bonds is 19. The molecule has 1 unspecified atom stereocenters. The van der Waals surface area contributed by atoms with Crippen LogP contribution in [0.2, 0.25) is 0 Å². The third-order valence-electron chi connectivity index (χ3n) is 22.8. The Bertz CT molecular complexity index is 7430. The summed E-state index contributed by atoms with van der Waals surface area (Å²) in [6.07, 6.45) is 14.3. The molecule has 0 aliphatic rings. The van der Waals surface area contributed by atoms with E-state index in [4.69, 9.17) is 15.0 Å². The molecule has 0 saturated heterocycles. The van der Waals surface area contributed by atoms with Crippen LogP contribution in [0.25, 0.3) is 192 Å². The molecule has 1 atom stereocenters. The molecule has 0 bridgehead atoms. The zero-order valence-electron chi connectivity index (χ0n) is 73.6. The first-order chi connectivity index (χ1) is 63.8. The average Bonchev–Trinajstić information content (AvgIpc) is 0.960. The molecule has 0 aliphatic heterocycles. The van der Waals surface area contributed by atoms with E-state index >= 15 is 0 Å². The Hall–Kier alpha value is -15.4. The molecule has 0 fully saturated rings. The maximum atomic E-state index is 5.30. The molecule has 0 spiro atoms. The molecule has 12 aromatic heterocycles. The third kappa shape index (κ3) is 20.1. The van der Waals surface area contributed by atoms with Gasteiger partial charge in [0.1, 0.15) is 0 Å². The predicted octanol–water partition coefficient (Wildman–Crippen LogP) is 24.1. The monoisotopic (exact) mass is 2080 g/mol. The van der Waals surface area contributed by atoms with E-state index < -0.39 is 0 Å². The molecule has 648 valence electrons. The molecular formula is C110H88N20Pt2. The number of pyridine rings is 8. The van der Waals surface area contributed by atoms with Gasteiger partial charge in [0, 0.05) is 60.0 Å². The Balaban J connectivity index is 0.000000132. The van der Waals surface area contributed by atoms with Crippen molar-refractivity contribution in [2.45, 2.75) is 74.1 Å². The Labute approximate surface area is 794 Å². The number of aryl methyl sites for hydroxylation is 4. The molecule has 0 N–H and O–H groups in total. The summed E-state index contributed by atoms with van der Waals surface area (Å²) in [4.78, 5) is 54.5. The van der Waals surface area contributed by atoms with E-state index in [0.29, 0.717) is 98.3 Å². The van der Waals surface area contributed by atoms with Crippen LogP contribution in [0, 0.1) is 33.6 Å². The summed E-state index contributed by atoms with van der Waals surface area (Å²) in [7, 11) is 0. The Kier molecular flexibility index (Phi) is 28.5. The van der Waals surface area contributed by atoms with Crippen molar-refractivity contribution < 1.29 is 42.1 Å². The fourth-order valence-corrected chi connectivity index (χ4v) is 16.0. The van der Waals surface area contributed by atoms with Gasteiger partial charge in [-0.15, -0.1) is 0 Å². The molecule has 21 aromatic rings. The van der Waals surface area contributed by atoms with Crippen molar-refractivity contribution in [2.75, 3.05) is 0 Å². The van der Waals surface area contributed by atoms with Crippen molar-refractivity contribution in [1.29, 1.82) is 0 Å². The zero-order valence-corrected chi connectivity index (χ0v) is 78.2. The van der Waals surface area contributed by atoms with E-state index in [-0.39, 0.29) is 42.1 Å². The minimum atomic E-state index is 0. The molecule has 9 aromatic carbocycles. The summed E-state index contributed by atoms with van der Waals surface area (Å²) < 4.78 is 0. The van der Waals surface area contributed by atoms with Crippen molar-refractivity contribution in [2.24, 2.45) is 5.92 Å². The number of benzene rings is 9. The molecule has 21 rings (SSSR count). The van der Waals surface area contributed by atoms with E-state index in [2.05, 4.69) is 347 Å². The molecule has 0 saturated carbocycles. The van der Waals surface area contributed by atoms with Gasteiger partial charge in [-0.25, -0.2) is 0 Å². The van der Waals surface area contributed by atoms with Crippen LogP contribution in [0.4, 0.5) is 0 Å². The molecule has 20 nitrogen and oxygen atoms in total. The fraction of sp³-hybridized carbons (Fsp3) is 0.109. The van der Waals surface area contributed by atoms with Gasteiger partial charge in [-0.05, 0) is 253 Å². The van der Waals surface area contributed by atoms with Crippen LogP contribution in [0.5, 0.6) is 0 Å². The summed E-state index contributed by atoms with van der Waals surface area (Å²) in [5.74, 6) is 4.96. The molecule has 0 amide bonds. The summed E-state index contributed by atoms with van der Waals surface area (Å²) in [5, 5.41) is 38.7. The van der Waals surface area contributed by atoms with Gasteiger partial charge in [0.25, 0.3) is 0 Å². The molecule has 0 radical (unpaired) electrons. The normalized spacial score (nSPS) is 11.2. The predicted molar refractivity (Wildman–Crippen MR) is 517 cm³/mol. The van der Waals surface area contributed by atoms with Crippen molar-refractivity contribution in [3.05, 3.63) is 386 Å². The average molecular weight is 2080 g/mol. The van der Waals surface area contributed by atoms with Gasteiger partial charge in [0.15, 0.2) is 0 Å². The first-order valence-corrected chi connectivity index (χ1v) is 43.3. The molecular weight excluding hydrogens is 1990 g/mol. The van der Waals surface area contributed by atoms with Gasteiger partial charge < -0.3 is 40.3 Å². The van der Waals surface area contributed by atoms with Gasteiger partial charge in [-0.3, -0.25) is 60.3 Å².